The summed E-state index contributed by atoms with van der Waals surface area (Å²) in [6, 6.07) is 2.22. The Hall–Kier alpha value is -0.470. The van der Waals surface area contributed by atoms with Crippen molar-refractivity contribution in [1.29, 1.82) is 0 Å². The molecule has 1 aromatic heterocycles. The SMILES string of the molecule is Clc1cc(Cl)c(NC2CCCC2)cn1. The number of aromatic nitrogens is 1. The van der Waals surface area contributed by atoms with Crippen molar-refractivity contribution in [2.24, 2.45) is 0 Å². The lowest BCUT2D eigenvalue weighted by atomic mass is 10.2. The molecule has 4 heteroatoms. The molecular formula is C10H12Cl2N2. The lowest BCUT2D eigenvalue weighted by Gasteiger charge is -2.14. The van der Waals surface area contributed by atoms with Gasteiger partial charge in [0.2, 0.25) is 0 Å². The van der Waals surface area contributed by atoms with Crippen LogP contribution in [0.3, 0.4) is 0 Å². The minimum atomic E-state index is 0.437. The Balaban J connectivity index is 2.08. The molecule has 0 aliphatic heterocycles. The average Bonchev–Trinajstić information content (AvgIpc) is 2.62. The molecular weight excluding hydrogens is 219 g/mol. The average molecular weight is 231 g/mol. The number of hydrogen-bond donors (Lipinski definition) is 1. The van der Waals surface area contributed by atoms with Gasteiger partial charge in [0.05, 0.1) is 16.9 Å². The first-order chi connectivity index (χ1) is 6.75. The quantitative estimate of drug-likeness (QED) is 0.784. The van der Waals surface area contributed by atoms with E-state index in [1.54, 1.807) is 12.3 Å². The van der Waals surface area contributed by atoms with E-state index in [0.717, 1.165) is 5.69 Å². The molecule has 0 saturated heterocycles. The van der Waals surface area contributed by atoms with E-state index in [2.05, 4.69) is 10.3 Å². The van der Waals surface area contributed by atoms with Crippen molar-refractivity contribution in [1.82, 2.24) is 4.98 Å². The summed E-state index contributed by atoms with van der Waals surface area (Å²) in [5, 5.41) is 4.47. The summed E-state index contributed by atoms with van der Waals surface area (Å²) in [5.41, 5.74) is 0.892. The Morgan fingerprint density at radius 3 is 2.64 bits per heavy atom. The van der Waals surface area contributed by atoms with Crippen molar-refractivity contribution in [3.05, 3.63) is 22.4 Å². The van der Waals surface area contributed by atoms with Crippen molar-refractivity contribution in [3.8, 4) is 0 Å². The van der Waals surface area contributed by atoms with Crippen LogP contribution in [0, 0.1) is 0 Å². The van der Waals surface area contributed by atoms with Gasteiger partial charge in [-0.2, -0.15) is 0 Å². The highest BCUT2D eigenvalue weighted by atomic mass is 35.5. The minimum Gasteiger partial charge on any atom is -0.380 e. The number of nitrogens with one attached hydrogen (secondary N) is 1. The Morgan fingerprint density at radius 1 is 1.29 bits per heavy atom. The highest BCUT2D eigenvalue weighted by molar-refractivity contribution is 6.35. The predicted octanol–water partition coefficient (Wildman–Crippen LogP) is 3.74. The van der Waals surface area contributed by atoms with Gasteiger partial charge >= 0.3 is 0 Å². The first kappa shape index (κ1) is 10.1. The van der Waals surface area contributed by atoms with Gasteiger partial charge in [-0.05, 0) is 18.9 Å². The molecule has 2 rings (SSSR count). The molecule has 14 heavy (non-hydrogen) atoms. The maximum atomic E-state index is 6.02. The van der Waals surface area contributed by atoms with Gasteiger partial charge < -0.3 is 5.32 Å². The number of nitrogens with zero attached hydrogens (tertiary/aromatic N) is 1. The number of halogens is 2. The monoisotopic (exact) mass is 230 g/mol. The zero-order valence-corrected chi connectivity index (χ0v) is 9.28. The standard InChI is InChI=1S/C10H12Cl2N2/c11-8-5-10(12)13-6-9(8)14-7-3-1-2-4-7/h5-7,14H,1-4H2. The maximum Gasteiger partial charge on any atom is 0.130 e. The number of anilines is 1. The number of rotatable bonds is 2. The molecule has 0 amide bonds. The van der Waals surface area contributed by atoms with E-state index in [1.807, 2.05) is 0 Å². The molecule has 0 aromatic carbocycles. The third kappa shape index (κ3) is 2.31. The molecule has 76 valence electrons. The fraction of sp³-hybridized carbons (Fsp3) is 0.500. The normalized spacial score (nSPS) is 17.3. The summed E-state index contributed by atoms with van der Waals surface area (Å²) < 4.78 is 0. The van der Waals surface area contributed by atoms with Crippen LogP contribution in [0.15, 0.2) is 12.3 Å². The Kier molecular flexibility index (Phi) is 3.14. The molecule has 1 saturated carbocycles. The van der Waals surface area contributed by atoms with Gasteiger partial charge in [0.15, 0.2) is 0 Å². The lowest BCUT2D eigenvalue weighted by Crippen LogP contribution is -2.14. The molecule has 0 radical (unpaired) electrons. The minimum absolute atomic E-state index is 0.437. The van der Waals surface area contributed by atoms with Crippen LogP contribution in [0.5, 0.6) is 0 Å². The van der Waals surface area contributed by atoms with Crippen molar-refractivity contribution >= 4 is 28.9 Å². The Bertz CT molecular complexity index is 322. The second-order valence-electron chi connectivity index (χ2n) is 3.61. The Morgan fingerprint density at radius 2 is 2.00 bits per heavy atom. The molecule has 1 aromatic rings. The van der Waals surface area contributed by atoms with Gasteiger partial charge in [-0.3, -0.25) is 0 Å². The summed E-state index contributed by atoms with van der Waals surface area (Å²) in [4.78, 5) is 4.00. The second kappa shape index (κ2) is 4.37. The van der Waals surface area contributed by atoms with E-state index in [9.17, 15) is 0 Å². The molecule has 0 unspecified atom stereocenters. The van der Waals surface area contributed by atoms with Crippen LogP contribution in [0.1, 0.15) is 25.7 Å². The van der Waals surface area contributed by atoms with Crippen LogP contribution in [-0.4, -0.2) is 11.0 Å². The van der Waals surface area contributed by atoms with Crippen LogP contribution >= 0.6 is 23.2 Å². The van der Waals surface area contributed by atoms with E-state index in [0.29, 0.717) is 16.2 Å². The van der Waals surface area contributed by atoms with Crippen LogP contribution in [0.2, 0.25) is 10.2 Å². The van der Waals surface area contributed by atoms with Crippen molar-refractivity contribution < 1.29 is 0 Å². The molecule has 2 nitrogen and oxygen atoms in total. The van der Waals surface area contributed by atoms with Gasteiger partial charge in [-0.15, -0.1) is 0 Å². The Labute approximate surface area is 93.6 Å². The maximum absolute atomic E-state index is 6.02. The summed E-state index contributed by atoms with van der Waals surface area (Å²) in [5.74, 6) is 0. The molecule has 1 fully saturated rings. The van der Waals surface area contributed by atoms with Crippen molar-refractivity contribution in [3.63, 3.8) is 0 Å². The van der Waals surface area contributed by atoms with Crippen LogP contribution < -0.4 is 5.32 Å². The molecule has 1 aliphatic carbocycles. The van der Waals surface area contributed by atoms with E-state index in [4.69, 9.17) is 23.2 Å². The van der Waals surface area contributed by atoms with Crippen molar-refractivity contribution in [2.75, 3.05) is 5.32 Å². The fourth-order valence-corrected chi connectivity index (χ4v) is 2.22. The van der Waals surface area contributed by atoms with Crippen molar-refractivity contribution in [2.45, 2.75) is 31.7 Å². The van der Waals surface area contributed by atoms with E-state index >= 15 is 0 Å². The zero-order valence-electron chi connectivity index (χ0n) is 7.76. The topological polar surface area (TPSA) is 24.9 Å². The van der Waals surface area contributed by atoms with E-state index in [-0.39, 0.29) is 0 Å². The first-order valence-electron chi connectivity index (χ1n) is 4.83. The second-order valence-corrected chi connectivity index (χ2v) is 4.41. The van der Waals surface area contributed by atoms with Gasteiger partial charge in [-0.25, -0.2) is 4.98 Å². The molecule has 1 N–H and O–H groups in total. The smallest absolute Gasteiger partial charge is 0.130 e. The summed E-state index contributed by atoms with van der Waals surface area (Å²) in [7, 11) is 0. The summed E-state index contributed by atoms with van der Waals surface area (Å²) in [6.45, 7) is 0. The fourth-order valence-electron chi connectivity index (χ4n) is 1.80. The van der Waals surface area contributed by atoms with Gasteiger partial charge in [0, 0.05) is 6.04 Å². The van der Waals surface area contributed by atoms with E-state index < -0.39 is 0 Å². The molecule has 1 aliphatic rings. The third-order valence-corrected chi connectivity index (χ3v) is 3.05. The third-order valence-electron chi connectivity index (χ3n) is 2.53. The lowest BCUT2D eigenvalue weighted by molar-refractivity contribution is 0.755. The largest absolute Gasteiger partial charge is 0.380 e. The van der Waals surface area contributed by atoms with Crippen LogP contribution in [-0.2, 0) is 0 Å². The first-order valence-corrected chi connectivity index (χ1v) is 5.59. The number of hydrogen-bond acceptors (Lipinski definition) is 2. The molecule has 0 spiro atoms. The van der Waals surface area contributed by atoms with Crippen LogP contribution in [0.25, 0.3) is 0 Å². The highest BCUT2D eigenvalue weighted by Gasteiger charge is 2.15. The highest BCUT2D eigenvalue weighted by Crippen LogP contribution is 2.27. The van der Waals surface area contributed by atoms with Crippen LogP contribution in [0.4, 0.5) is 5.69 Å². The molecule has 0 bridgehead atoms. The van der Waals surface area contributed by atoms with Gasteiger partial charge in [0.25, 0.3) is 0 Å². The zero-order chi connectivity index (χ0) is 9.97. The summed E-state index contributed by atoms with van der Waals surface area (Å²) in [6.07, 6.45) is 6.74. The van der Waals surface area contributed by atoms with Gasteiger partial charge in [0.1, 0.15) is 5.15 Å². The predicted molar refractivity (Wildman–Crippen MR) is 60.1 cm³/mol. The number of pyridine rings is 1. The van der Waals surface area contributed by atoms with Gasteiger partial charge in [-0.1, -0.05) is 36.0 Å². The van der Waals surface area contributed by atoms with E-state index in [1.165, 1.54) is 25.7 Å². The molecule has 0 atom stereocenters. The summed E-state index contributed by atoms with van der Waals surface area (Å²) >= 11 is 11.7. The molecule has 1 heterocycles.